The van der Waals surface area contributed by atoms with Gasteiger partial charge in [-0.2, -0.15) is 0 Å². The van der Waals surface area contributed by atoms with E-state index in [0.717, 1.165) is 24.5 Å². The van der Waals surface area contributed by atoms with E-state index in [1.807, 2.05) is 0 Å². The molecule has 2 aliphatic rings. The molecule has 0 N–H and O–H groups in total. The highest BCUT2D eigenvalue weighted by Gasteiger charge is 2.33. The van der Waals surface area contributed by atoms with Crippen molar-refractivity contribution in [3.8, 4) is 0 Å². The molecule has 4 nitrogen and oxygen atoms in total. The number of hydrogen-bond acceptors (Lipinski definition) is 3. The first-order valence-corrected chi connectivity index (χ1v) is 6.91. The van der Waals surface area contributed by atoms with Crippen LogP contribution in [0.4, 0.5) is 0 Å². The summed E-state index contributed by atoms with van der Waals surface area (Å²) in [6.07, 6.45) is 5.20. The van der Waals surface area contributed by atoms with Gasteiger partial charge in [0.1, 0.15) is 5.82 Å². The molecule has 0 amide bonds. The van der Waals surface area contributed by atoms with Gasteiger partial charge in [0.15, 0.2) is 5.15 Å². The Labute approximate surface area is 111 Å². The Bertz CT molecular complexity index is 480. The van der Waals surface area contributed by atoms with Crippen LogP contribution in [0.5, 0.6) is 0 Å². The zero-order valence-corrected chi connectivity index (χ0v) is 11.2. The summed E-state index contributed by atoms with van der Waals surface area (Å²) in [5.41, 5.74) is 1.01. The number of fused-ring (bicyclic) bond motifs is 1. The number of rotatable bonds is 2. The van der Waals surface area contributed by atoms with E-state index in [2.05, 4.69) is 9.55 Å². The lowest BCUT2D eigenvalue weighted by molar-refractivity contribution is -0.146. The van der Waals surface area contributed by atoms with Crippen LogP contribution in [-0.2, 0) is 22.5 Å². The second-order valence-corrected chi connectivity index (χ2v) is 5.56. The summed E-state index contributed by atoms with van der Waals surface area (Å²) >= 11 is 6.22. The van der Waals surface area contributed by atoms with Gasteiger partial charge in [-0.3, -0.25) is 4.79 Å². The van der Waals surface area contributed by atoms with E-state index >= 15 is 0 Å². The summed E-state index contributed by atoms with van der Waals surface area (Å²) in [7, 11) is 1.44. The third-order valence-electron chi connectivity index (χ3n) is 4.20. The van der Waals surface area contributed by atoms with Crippen molar-refractivity contribution in [2.45, 2.75) is 44.6 Å². The Morgan fingerprint density at radius 1 is 1.44 bits per heavy atom. The van der Waals surface area contributed by atoms with Crippen LogP contribution >= 0.6 is 11.6 Å². The monoisotopic (exact) mass is 268 g/mol. The lowest BCUT2D eigenvalue weighted by atomic mass is 9.84. The third-order valence-corrected chi connectivity index (χ3v) is 4.50. The van der Waals surface area contributed by atoms with Crippen molar-refractivity contribution < 1.29 is 9.53 Å². The molecule has 0 spiro atoms. The number of ether oxygens (including phenoxy) is 1. The van der Waals surface area contributed by atoms with E-state index in [0.29, 0.717) is 17.5 Å². The molecule has 5 heteroatoms. The molecular formula is C13H17ClN2O2. The Morgan fingerprint density at radius 3 is 2.83 bits per heavy atom. The fourth-order valence-corrected chi connectivity index (χ4v) is 3.15. The highest BCUT2D eigenvalue weighted by atomic mass is 35.5. The van der Waals surface area contributed by atoms with Crippen molar-refractivity contribution in [2.24, 2.45) is 5.92 Å². The number of aromatic nitrogens is 2. The van der Waals surface area contributed by atoms with E-state index in [4.69, 9.17) is 16.3 Å². The summed E-state index contributed by atoms with van der Waals surface area (Å²) in [6.45, 7) is 0.834. The zero-order chi connectivity index (χ0) is 12.7. The average Bonchev–Trinajstić information content (AvgIpc) is 2.63. The van der Waals surface area contributed by atoms with Crippen molar-refractivity contribution in [1.82, 2.24) is 9.55 Å². The molecule has 0 saturated heterocycles. The number of esters is 1. The molecule has 1 atom stereocenters. The number of nitrogens with zero attached hydrogens (tertiary/aromatic N) is 2. The molecular weight excluding hydrogens is 252 g/mol. The fraction of sp³-hybridized carbons (Fsp3) is 0.692. The van der Waals surface area contributed by atoms with Gasteiger partial charge in [0.05, 0.1) is 18.7 Å². The van der Waals surface area contributed by atoms with Crippen LogP contribution < -0.4 is 0 Å². The quantitative estimate of drug-likeness (QED) is 0.775. The average molecular weight is 269 g/mol. The minimum absolute atomic E-state index is 0.0639. The van der Waals surface area contributed by atoms with Crippen LogP contribution in [0.2, 0.25) is 5.15 Å². The fourth-order valence-electron chi connectivity index (χ4n) is 2.89. The molecule has 0 radical (unpaired) electrons. The summed E-state index contributed by atoms with van der Waals surface area (Å²) in [4.78, 5) is 16.1. The van der Waals surface area contributed by atoms with Gasteiger partial charge in [-0.1, -0.05) is 18.0 Å². The van der Waals surface area contributed by atoms with Crippen LogP contribution in [0, 0.1) is 5.92 Å². The predicted molar refractivity (Wildman–Crippen MR) is 67.7 cm³/mol. The third kappa shape index (κ3) is 1.83. The van der Waals surface area contributed by atoms with Crippen molar-refractivity contribution in [1.29, 1.82) is 0 Å². The van der Waals surface area contributed by atoms with E-state index in [9.17, 15) is 4.79 Å². The molecule has 1 aromatic heterocycles. The summed E-state index contributed by atoms with van der Waals surface area (Å²) < 4.78 is 7.05. The first kappa shape index (κ1) is 12.0. The lowest BCUT2D eigenvalue weighted by Crippen LogP contribution is -2.28. The van der Waals surface area contributed by atoms with Crippen molar-refractivity contribution >= 4 is 17.6 Å². The van der Waals surface area contributed by atoms with Crippen LogP contribution in [0.3, 0.4) is 0 Å². The standard InChI is InChI=1S/C13H17ClN2O2/c1-18-13(17)9-5-6-16-10(7-9)11(14)15-12(16)8-3-2-4-8/h8-9H,2-7H2,1H3. The second kappa shape index (κ2) is 4.57. The minimum Gasteiger partial charge on any atom is -0.469 e. The molecule has 98 valence electrons. The number of methoxy groups -OCH3 is 1. The van der Waals surface area contributed by atoms with Gasteiger partial charge in [-0.15, -0.1) is 0 Å². The van der Waals surface area contributed by atoms with Gasteiger partial charge < -0.3 is 9.30 Å². The van der Waals surface area contributed by atoms with Gasteiger partial charge in [-0.25, -0.2) is 4.98 Å². The highest BCUT2D eigenvalue weighted by Crippen LogP contribution is 2.39. The second-order valence-electron chi connectivity index (χ2n) is 5.20. The van der Waals surface area contributed by atoms with E-state index in [-0.39, 0.29) is 11.9 Å². The largest absolute Gasteiger partial charge is 0.469 e. The maximum atomic E-state index is 11.6. The van der Waals surface area contributed by atoms with Gasteiger partial charge in [0.2, 0.25) is 0 Å². The van der Waals surface area contributed by atoms with E-state index < -0.39 is 0 Å². The molecule has 2 heterocycles. The molecule has 3 rings (SSSR count). The SMILES string of the molecule is COC(=O)C1CCn2c(C3CCC3)nc(Cl)c2C1. The maximum Gasteiger partial charge on any atom is 0.309 e. The summed E-state index contributed by atoms with van der Waals surface area (Å²) in [6, 6.07) is 0. The zero-order valence-electron chi connectivity index (χ0n) is 10.5. The van der Waals surface area contributed by atoms with Gasteiger partial charge in [-0.05, 0) is 19.3 Å². The predicted octanol–water partition coefficient (Wildman–Crippen LogP) is 2.54. The van der Waals surface area contributed by atoms with Crippen molar-refractivity contribution in [2.75, 3.05) is 7.11 Å². The summed E-state index contributed by atoms with van der Waals surface area (Å²) in [5.74, 6) is 1.50. The van der Waals surface area contributed by atoms with Crippen LogP contribution in [0.25, 0.3) is 0 Å². The number of halogens is 1. The van der Waals surface area contributed by atoms with Gasteiger partial charge >= 0.3 is 5.97 Å². The molecule has 0 aromatic carbocycles. The van der Waals surface area contributed by atoms with Crippen LogP contribution in [0.15, 0.2) is 0 Å². The normalized spacial score (nSPS) is 23.3. The number of imidazole rings is 1. The first-order chi connectivity index (χ1) is 8.70. The van der Waals surface area contributed by atoms with Crippen molar-refractivity contribution in [3.05, 3.63) is 16.7 Å². The first-order valence-electron chi connectivity index (χ1n) is 6.53. The maximum absolute atomic E-state index is 11.6. The Kier molecular flexibility index (Phi) is 3.06. The van der Waals surface area contributed by atoms with Crippen molar-refractivity contribution in [3.63, 3.8) is 0 Å². The molecule has 1 aliphatic heterocycles. The smallest absolute Gasteiger partial charge is 0.309 e. The topological polar surface area (TPSA) is 44.1 Å². The molecule has 1 fully saturated rings. The number of carbonyl (C=O) groups excluding carboxylic acids is 1. The molecule has 1 aliphatic carbocycles. The Morgan fingerprint density at radius 2 is 2.22 bits per heavy atom. The van der Waals surface area contributed by atoms with Crippen LogP contribution in [-0.4, -0.2) is 22.6 Å². The molecule has 1 unspecified atom stereocenters. The highest BCUT2D eigenvalue weighted by molar-refractivity contribution is 6.30. The Hall–Kier alpha value is -1.03. The number of carbonyl (C=O) groups is 1. The van der Waals surface area contributed by atoms with Gasteiger partial charge in [0, 0.05) is 18.9 Å². The number of hydrogen-bond donors (Lipinski definition) is 0. The van der Waals surface area contributed by atoms with E-state index in [1.54, 1.807) is 0 Å². The van der Waals surface area contributed by atoms with Crippen LogP contribution in [0.1, 0.15) is 43.1 Å². The molecule has 0 bridgehead atoms. The van der Waals surface area contributed by atoms with Gasteiger partial charge in [0.25, 0.3) is 0 Å². The molecule has 18 heavy (non-hydrogen) atoms. The lowest BCUT2D eigenvalue weighted by Gasteiger charge is -2.29. The minimum atomic E-state index is -0.135. The molecule has 1 saturated carbocycles. The Balaban J connectivity index is 1.87. The molecule has 1 aromatic rings. The van der Waals surface area contributed by atoms with E-state index in [1.165, 1.54) is 26.4 Å². The summed E-state index contributed by atoms with van der Waals surface area (Å²) in [5, 5.41) is 0.575.